The average molecular weight is 934 g/mol. The minimum Gasteiger partial charge on any atom is -0.509 e. The van der Waals surface area contributed by atoms with Gasteiger partial charge in [-0.25, -0.2) is 4.98 Å². The van der Waals surface area contributed by atoms with E-state index in [0.29, 0.717) is 23.3 Å². The van der Waals surface area contributed by atoms with Gasteiger partial charge in [-0.15, -0.1) is 35.7 Å². The van der Waals surface area contributed by atoms with Crippen molar-refractivity contribution in [1.82, 2.24) is 19.3 Å². The van der Waals surface area contributed by atoms with Crippen molar-refractivity contribution < 1.29 is 25.8 Å². The molecule has 0 saturated heterocycles. The van der Waals surface area contributed by atoms with Gasteiger partial charge in [-0.1, -0.05) is 83.0 Å². The first-order valence-electron chi connectivity index (χ1n) is 21.0. The van der Waals surface area contributed by atoms with E-state index >= 15 is 0 Å². The van der Waals surface area contributed by atoms with E-state index in [9.17, 15) is 0 Å². The molecule has 2 fully saturated rings. The van der Waals surface area contributed by atoms with Crippen molar-refractivity contribution in [2.75, 3.05) is 0 Å². The summed E-state index contributed by atoms with van der Waals surface area (Å²) in [4.78, 5) is 4.84. The molecule has 0 atom stereocenters. The summed E-state index contributed by atoms with van der Waals surface area (Å²) in [5.74, 6) is 3.34. The van der Waals surface area contributed by atoms with Crippen LogP contribution in [0.4, 0.5) is 0 Å². The molecule has 294 valence electrons. The van der Waals surface area contributed by atoms with Crippen molar-refractivity contribution in [3.8, 4) is 34.1 Å². The molecule has 2 aliphatic carbocycles. The number of pyridine rings is 1. The summed E-state index contributed by atoms with van der Waals surface area (Å²) in [7, 11) is 0. The number of hydrogen-bond donors (Lipinski definition) is 0. The predicted octanol–water partition coefficient (Wildman–Crippen LogP) is 13.7. The fraction of sp³-hybridized carbons (Fsp3) is 0.373. The Labute approximate surface area is 353 Å². The smallest absolute Gasteiger partial charge is 0.509 e. The Morgan fingerprint density at radius 1 is 0.702 bits per heavy atom. The summed E-state index contributed by atoms with van der Waals surface area (Å²) in [6, 6.07) is 30.2. The average Bonchev–Trinajstić information content (AvgIpc) is 3.84. The Bertz CT molecular complexity index is 2510. The second kappa shape index (κ2) is 16.1. The summed E-state index contributed by atoms with van der Waals surface area (Å²) in [6.45, 7) is 13.8. The van der Waals surface area contributed by atoms with Crippen LogP contribution in [0.15, 0.2) is 85.3 Å². The van der Waals surface area contributed by atoms with Crippen molar-refractivity contribution in [2.45, 2.75) is 123 Å². The van der Waals surface area contributed by atoms with Gasteiger partial charge in [0.05, 0.1) is 6.20 Å². The Morgan fingerprint density at radius 2 is 1.37 bits per heavy atom. The topological polar surface area (TPSA) is 44.9 Å². The second-order valence-corrected chi connectivity index (χ2v) is 17.5. The van der Waals surface area contributed by atoms with Crippen molar-refractivity contribution in [2.24, 2.45) is 0 Å². The van der Waals surface area contributed by atoms with E-state index < -0.39 is 0 Å². The number of fused-ring (bicyclic) bond motifs is 3. The van der Waals surface area contributed by atoms with Crippen LogP contribution in [0.25, 0.3) is 44.4 Å². The van der Waals surface area contributed by atoms with Crippen LogP contribution in [0.2, 0.25) is 0 Å². The first-order valence-corrected chi connectivity index (χ1v) is 21.0. The number of para-hydroxylation sites is 1. The molecule has 5 nitrogen and oxygen atoms in total. The molecular formula is C51H54N4OPt. The molecule has 6 heteroatoms. The van der Waals surface area contributed by atoms with Gasteiger partial charge >= 0.3 is 21.1 Å². The Hall–Kier alpha value is -4.47. The molecule has 57 heavy (non-hydrogen) atoms. The molecular weight excluding hydrogens is 880 g/mol. The van der Waals surface area contributed by atoms with E-state index in [0.717, 1.165) is 33.3 Å². The molecule has 3 heterocycles. The minimum atomic E-state index is -0.00198. The first-order chi connectivity index (χ1) is 27.2. The van der Waals surface area contributed by atoms with Gasteiger partial charge in [0.25, 0.3) is 0 Å². The molecule has 2 saturated carbocycles. The summed E-state index contributed by atoms with van der Waals surface area (Å²) in [5.41, 5.74) is 14.5. The summed E-state index contributed by atoms with van der Waals surface area (Å²) >= 11 is 0. The summed E-state index contributed by atoms with van der Waals surface area (Å²) in [6.07, 6.45) is 19.4. The van der Waals surface area contributed by atoms with Gasteiger partial charge in [0, 0.05) is 35.0 Å². The molecule has 0 bridgehead atoms. The minimum absolute atomic E-state index is 0. The van der Waals surface area contributed by atoms with Crippen LogP contribution >= 0.6 is 0 Å². The van der Waals surface area contributed by atoms with Crippen LogP contribution in [0.5, 0.6) is 11.5 Å². The SMILES string of the molecule is Cc1c(C)c(C2CCCCC2)c(-c2cnn(-c3[c-]c(Oc4[c-]c5c(cc4)c4ccccc4n5-c4cc(C(C)(C)C)ccn4)ccc3)c2)c(C2CCCCC2)c1C.[Pt+2]. The van der Waals surface area contributed by atoms with E-state index in [1.165, 1.54) is 97.6 Å². The van der Waals surface area contributed by atoms with Crippen molar-refractivity contribution in [3.63, 3.8) is 0 Å². The normalized spacial score (nSPS) is 15.6. The quantitative estimate of drug-likeness (QED) is 0.150. The molecule has 0 spiro atoms. The number of nitrogens with zero attached hydrogens (tertiary/aromatic N) is 4. The zero-order chi connectivity index (χ0) is 38.6. The third kappa shape index (κ3) is 7.42. The first kappa shape index (κ1) is 39.4. The molecule has 9 rings (SSSR count). The van der Waals surface area contributed by atoms with Crippen LogP contribution in [-0.4, -0.2) is 19.3 Å². The maximum atomic E-state index is 6.56. The number of aromatic nitrogens is 4. The Morgan fingerprint density at radius 3 is 2.05 bits per heavy atom. The van der Waals surface area contributed by atoms with E-state index in [2.05, 4.69) is 119 Å². The van der Waals surface area contributed by atoms with E-state index in [4.69, 9.17) is 14.8 Å². The fourth-order valence-corrected chi connectivity index (χ4v) is 9.83. The predicted molar refractivity (Wildman–Crippen MR) is 230 cm³/mol. The van der Waals surface area contributed by atoms with E-state index in [-0.39, 0.29) is 26.5 Å². The monoisotopic (exact) mass is 933 g/mol. The third-order valence-electron chi connectivity index (χ3n) is 13.0. The largest absolute Gasteiger partial charge is 2.00 e. The molecule has 3 aromatic heterocycles. The van der Waals surface area contributed by atoms with Gasteiger partial charge < -0.3 is 9.30 Å². The maximum Gasteiger partial charge on any atom is 2.00 e. The number of hydrogen-bond acceptors (Lipinski definition) is 3. The third-order valence-corrected chi connectivity index (χ3v) is 13.0. The van der Waals surface area contributed by atoms with Crippen LogP contribution in [0, 0.1) is 32.9 Å². The fourth-order valence-electron chi connectivity index (χ4n) is 9.83. The Kier molecular flexibility index (Phi) is 11.1. The molecule has 0 aliphatic heterocycles. The van der Waals surface area contributed by atoms with Crippen molar-refractivity contribution >= 4 is 21.8 Å². The van der Waals surface area contributed by atoms with Crippen LogP contribution in [0.1, 0.15) is 130 Å². The van der Waals surface area contributed by atoms with E-state index in [1.54, 1.807) is 11.1 Å². The summed E-state index contributed by atoms with van der Waals surface area (Å²) < 4.78 is 10.8. The summed E-state index contributed by atoms with van der Waals surface area (Å²) in [5, 5.41) is 7.28. The molecule has 0 amide bonds. The van der Waals surface area contributed by atoms with E-state index in [1.807, 2.05) is 29.1 Å². The maximum absolute atomic E-state index is 6.56. The molecule has 4 aromatic carbocycles. The number of benzene rings is 4. The van der Waals surface area contributed by atoms with Crippen LogP contribution in [-0.2, 0) is 26.5 Å². The Balaban J connectivity index is 0.00000455. The van der Waals surface area contributed by atoms with Gasteiger partial charge in [0.2, 0.25) is 0 Å². The molecule has 0 radical (unpaired) electrons. The zero-order valence-electron chi connectivity index (χ0n) is 34.3. The van der Waals surface area contributed by atoms with Gasteiger partial charge in [-0.2, -0.15) is 17.2 Å². The second-order valence-electron chi connectivity index (χ2n) is 17.5. The molecule has 7 aromatic rings. The zero-order valence-corrected chi connectivity index (χ0v) is 36.6. The molecule has 0 unspecified atom stereocenters. The van der Waals surface area contributed by atoms with Crippen LogP contribution in [0.3, 0.4) is 0 Å². The van der Waals surface area contributed by atoms with Crippen molar-refractivity contribution in [1.29, 1.82) is 0 Å². The number of rotatable bonds is 7. The molecule has 2 aliphatic rings. The number of ether oxygens (including phenoxy) is 1. The van der Waals surface area contributed by atoms with Gasteiger partial charge in [0.1, 0.15) is 5.82 Å². The van der Waals surface area contributed by atoms with Gasteiger partial charge in [-0.05, 0) is 132 Å². The van der Waals surface area contributed by atoms with Gasteiger partial charge in [0.15, 0.2) is 0 Å². The van der Waals surface area contributed by atoms with Crippen LogP contribution < -0.4 is 4.74 Å². The van der Waals surface area contributed by atoms with Crippen molar-refractivity contribution in [3.05, 3.63) is 131 Å². The standard InChI is InChI=1S/C51H54N4O.Pt/c1-33-34(2)48(36-16-9-7-10-17-36)50(49(35(33)3)37-18-11-8-12-19-37)38-31-53-54(32-38)40-20-15-21-41(29-40)56-42-24-25-44-43-22-13-14-23-45(43)55(46(44)30-42)47-28-39(26-27-52-47)51(4,5)6;/h13-15,20-28,31-32,36-37H,7-12,16-19H2,1-6H3;/q-2;+2. The molecule has 0 N–H and O–H groups in total. The van der Waals surface area contributed by atoms with Gasteiger partial charge in [-0.3, -0.25) is 4.68 Å².